The van der Waals surface area contributed by atoms with Gasteiger partial charge in [0.15, 0.2) is 0 Å². The number of hydrogen-bond acceptors (Lipinski definition) is 5. The summed E-state index contributed by atoms with van der Waals surface area (Å²) in [6.07, 6.45) is -1.52. The van der Waals surface area contributed by atoms with Crippen molar-refractivity contribution in [3.05, 3.63) is 0 Å². The maximum Gasteiger partial charge on any atom is 0.134 e. The Labute approximate surface area is 100.0 Å². The van der Waals surface area contributed by atoms with Crippen LogP contribution in [0.3, 0.4) is 0 Å². The van der Waals surface area contributed by atoms with Crippen molar-refractivity contribution in [3.8, 4) is 0 Å². The van der Waals surface area contributed by atoms with E-state index in [1.54, 1.807) is 20.8 Å². The van der Waals surface area contributed by atoms with Crippen LogP contribution in [0.5, 0.6) is 0 Å². The summed E-state index contributed by atoms with van der Waals surface area (Å²) in [6.45, 7) is 7.23. The second-order valence-electron chi connectivity index (χ2n) is 5.20. The van der Waals surface area contributed by atoms with E-state index in [0.717, 1.165) is 5.75 Å². The Morgan fingerprint density at radius 3 is 2.31 bits per heavy atom. The van der Waals surface area contributed by atoms with Gasteiger partial charge in [0, 0.05) is 5.41 Å². The zero-order chi connectivity index (χ0) is 12.4. The Kier molecular flexibility index (Phi) is 2.65. The summed E-state index contributed by atoms with van der Waals surface area (Å²) in [5.74, 6) is 0.795. The van der Waals surface area contributed by atoms with Gasteiger partial charge in [-0.1, -0.05) is 20.8 Å². The first kappa shape index (κ1) is 12.6. The summed E-state index contributed by atoms with van der Waals surface area (Å²) >= 11 is 1.45. The monoisotopic (exact) mass is 248 g/mol. The quantitative estimate of drug-likeness (QED) is 0.658. The Hall–Kier alpha value is 0.190. The zero-order valence-electron chi connectivity index (χ0n) is 10.1. The van der Waals surface area contributed by atoms with E-state index in [1.807, 2.05) is 6.92 Å². The Morgan fingerprint density at radius 1 is 1.25 bits per heavy atom. The summed E-state index contributed by atoms with van der Waals surface area (Å²) in [4.78, 5) is 0. The molecule has 2 rings (SSSR count). The number of hydrogen-bond donors (Lipinski definition) is 3. The van der Waals surface area contributed by atoms with E-state index < -0.39 is 34.3 Å². The predicted molar refractivity (Wildman–Crippen MR) is 62.2 cm³/mol. The van der Waals surface area contributed by atoms with Crippen molar-refractivity contribution in [2.24, 2.45) is 5.41 Å². The molecule has 1 saturated carbocycles. The molecular formula is C11H20O4S. The fourth-order valence-corrected chi connectivity index (χ4v) is 4.13. The van der Waals surface area contributed by atoms with E-state index >= 15 is 0 Å². The molecule has 5 atom stereocenters. The van der Waals surface area contributed by atoms with E-state index in [-0.39, 0.29) is 0 Å². The van der Waals surface area contributed by atoms with E-state index in [9.17, 15) is 15.3 Å². The number of fused-ring (bicyclic) bond motifs is 1. The van der Waals surface area contributed by atoms with Gasteiger partial charge in [-0.05, 0) is 12.7 Å². The highest BCUT2D eigenvalue weighted by molar-refractivity contribution is 7.99. The molecule has 5 heteroatoms. The van der Waals surface area contributed by atoms with Crippen molar-refractivity contribution in [3.63, 3.8) is 0 Å². The van der Waals surface area contributed by atoms with Gasteiger partial charge in [-0.15, -0.1) is 11.8 Å². The van der Waals surface area contributed by atoms with Gasteiger partial charge in [0.2, 0.25) is 0 Å². The van der Waals surface area contributed by atoms with E-state index in [2.05, 4.69) is 0 Å². The molecule has 0 amide bonds. The highest BCUT2D eigenvalue weighted by atomic mass is 32.2. The molecule has 16 heavy (non-hydrogen) atoms. The number of rotatable bonds is 2. The fraction of sp³-hybridized carbons (Fsp3) is 1.00. The predicted octanol–water partition coefficient (Wildman–Crippen LogP) is 0.347. The molecule has 2 fully saturated rings. The lowest BCUT2D eigenvalue weighted by molar-refractivity contribution is -0.192. The summed E-state index contributed by atoms with van der Waals surface area (Å²) in [6, 6.07) is 0. The van der Waals surface area contributed by atoms with Gasteiger partial charge in [0.1, 0.15) is 22.7 Å². The SMILES string of the molecule is CCS[C@H]1O[C@@H](C)[C@]2(O)C(C)(C)[C@]2(O)[C@@H]1O. The minimum atomic E-state index is -1.45. The van der Waals surface area contributed by atoms with Crippen LogP contribution in [0.2, 0.25) is 0 Å². The molecule has 4 nitrogen and oxygen atoms in total. The van der Waals surface area contributed by atoms with Gasteiger partial charge < -0.3 is 20.1 Å². The molecule has 0 unspecified atom stereocenters. The molecule has 0 bridgehead atoms. The van der Waals surface area contributed by atoms with Crippen molar-refractivity contribution in [2.75, 3.05) is 5.75 Å². The van der Waals surface area contributed by atoms with E-state index in [1.165, 1.54) is 11.8 Å². The average Bonchev–Trinajstić information content (AvgIpc) is 2.58. The van der Waals surface area contributed by atoms with E-state index in [4.69, 9.17) is 4.74 Å². The third kappa shape index (κ3) is 1.06. The smallest absolute Gasteiger partial charge is 0.134 e. The van der Waals surface area contributed by atoms with Gasteiger partial charge in [-0.3, -0.25) is 0 Å². The number of aliphatic hydroxyl groups is 3. The molecule has 1 aliphatic heterocycles. The molecule has 0 aromatic heterocycles. The molecule has 1 heterocycles. The minimum Gasteiger partial charge on any atom is -0.386 e. The molecule has 3 N–H and O–H groups in total. The van der Waals surface area contributed by atoms with Crippen LogP contribution in [0.4, 0.5) is 0 Å². The molecule has 0 spiro atoms. The van der Waals surface area contributed by atoms with E-state index in [0.29, 0.717) is 0 Å². The van der Waals surface area contributed by atoms with Gasteiger partial charge in [-0.25, -0.2) is 0 Å². The van der Waals surface area contributed by atoms with Crippen LogP contribution in [0.15, 0.2) is 0 Å². The van der Waals surface area contributed by atoms with Crippen molar-refractivity contribution in [1.29, 1.82) is 0 Å². The summed E-state index contributed by atoms with van der Waals surface area (Å²) in [7, 11) is 0. The molecule has 0 aromatic rings. The molecule has 94 valence electrons. The highest BCUT2D eigenvalue weighted by Crippen LogP contribution is 2.71. The number of thioether (sulfide) groups is 1. The number of ether oxygens (including phenoxy) is 1. The van der Waals surface area contributed by atoms with Crippen LogP contribution in [-0.4, -0.2) is 49.9 Å². The Bertz CT molecular complexity index is 308. The lowest BCUT2D eigenvalue weighted by Crippen LogP contribution is -2.55. The average molecular weight is 248 g/mol. The normalized spacial score (nSPS) is 54.6. The van der Waals surface area contributed by atoms with Crippen LogP contribution in [0, 0.1) is 5.41 Å². The molecule has 2 aliphatic rings. The minimum absolute atomic E-state index is 0.466. The van der Waals surface area contributed by atoms with Crippen LogP contribution >= 0.6 is 11.8 Å². The van der Waals surface area contributed by atoms with Gasteiger partial charge in [-0.2, -0.15) is 0 Å². The maximum absolute atomic E-state index is 10.5. The first-order valence-corrected chi connectivity index (χ1v) is 6.70. The van der Waals surface area contributed by atoms with Crippen molar-refractivity contribution < 1.29 is 20.1 Å². The van der Waals surface area contributed by atoms with Gasteiger partial charge in [0.25, 0.3) is 0 Å². The molecule has 0 aromatic carbocycles. The molecule has 0 radical (unpaired) electrons. The molecular weight excluding hydrogens is 228 g/mol. The second-order valence-corrected chi connectivity index (χ2v) is 6.58. The van der Waals surface area contributed by atoms with Crippen molar-refractivity contribution >= 4 is 11.8 Å². The largest absolute Gasteiger partial charge is 0.386 e. The molecule has 1 aliphatic carbocycles. The molecule has 1 saturated heterocycles. The Balaban J connectivity index is 2.32. The summed E-state index contributed by atoms with van der Waals surface area (Å²) in [5, 5.41) is 31.0. The third-order valence-corrected chi connectivity index (χ3v) is 5.40. The summed E-state index contributed by atoms with van der Waals surface area (Å²) < 4.78 is 5.60. The van der Waals surface area contributed by atoms with Gasteiger partial charge in [0.05, 0.1) is 6.10 Å². The maximum atomic E-state index is 10.5. The van der Waals surface area contributed by atoms with Crippen LogP contribution < -0.4 is 0 Å². The second kappa shape index (κ2) is 3.36. The van der Waals surface area contributed by atoms with Crippen molar-refractivity contribution in [1.82, 2.24) is 0 Å². The fourth-order valence-electron chi connectivity index (χ4n) is 3.18. The first-order valence-electron chi connectivity index (χ1n) is 5.65. The summed E-state index contributed by atoms with van der Waals surface area (Å²) in [5.41, 5.74) is -4.00. The lowest BCUT2D eigenvalue weighted by atomic mass is 10.0. The van der Waals surface area contributed by atoms with Crippen LogP contribution in [-0.2, 0) is 4.74 Å². The van der Waals surface area contributed by atoms with Crippen LogP contribution in [0.1, 0.15) is 27.7 Å². The highest BCUT2D eigenvalue weighted by Gasteiger charge is 2.89. The standard InChI is InChI=1S/C11H20O4S/c1-5-16-8-7(12)11(14)9(3,4)10(11,13)6(2)15-8/h6-8,12-14H,5H2,1-4H3/t6-,7+,8+,10-,11+/m0/s1. The van der Waals surface area contributed by atoms with Crippen LogP contribution in [0.25, 0.3) is 0 Å². The Morgan fingerprint density at radius 2 is 1.81 bits per heavy atom. The third-order valence-electron chi connectivity index (χ3n) is 4.37. The van der Waals surface area contributed by atoms with Crippen molar-refractivity contribution in [2.45, 2.75) is 56.5 Å². The number of aliphatic hydroxyl groups excluding tert-OH is 1. The lowest BCUT2D eigenvalue weighted by Gasteiger charge is -2.38. The zero-order valence-corrected chi connectivity index (χ0v) is 10.9. The topological polar surface area (TPSA) is 69.9 Å². The van der Waals surface area contributed by atoms with Gasteiger partial charge >= 0.3 is 0 Å². The first-order chi connectivity index (χ1) is 7.25.